The monoisotopic (exact) mass is 395 g/mol. The summed E-state index contributed by atoms with van der Waals surface area (Å²) in [5.74, 6) is 0.493. The van der Waals surface area contributed by atoms with Gasteiger partial charge >= 0.3 is 0 Å². The minimum atomic E-state index is 0.493. The van der Waals surface area contributed by atoms with E-state index < -0.39 is 0 Å². The second kappa shape index (κ2) is 8.07. The molecule has 1 aromatic heterocycles. The fraction of sp³-hybridized carbons (Fsp3) is 0.276. The van der Waals surface area contributed by atoms with Crippen LogP contribution in [0.15, 0.2) is 66.7 Å². The van der Waals surface area contributed by atoms with Crippen LogP contribution >= 0.6 is 0 Å². The van der Waals surface area contributed by atoms with E-state index in [1.165, 1.54) is 39.1 Å². The Hall–Kier alpha value is -2.93. The number of rotatable bonds is 4. The number of fused-ring (bicyclic) bond motifs is 1. The topological polar surface area (TPSA) is 3.88 Å². The Kier molecular flexibility index (Phi) is 5.12. The Bertz CT molecular complexity index is 1270. The summed E-state index contributed by atoms with van der Waals surface area (Å²) in [7, 11) is 2.09. The quantitative estimate of drug-likeness (QED) is 0.316. The van der Waals surface area contributed by atoms with Crippen molar-refractivity contribution in [1.29, 1.82) is 0 Å². The molecule has 0 bridgehead atoms. The lowest BCUT2D eigenvalue weighted by Gasteiger charge is -2.15. The van der Waals surface area contributed by atoms with Crippen molar-refractivity contribution >= 4 is 10.8 Å². The van der Waals surface area contributed by atoms with Crippen molar-refractivity contribution in [3.8, 4) is 22.4 Å². The fourth-order valence-electron chi connectivity index (χ4n) is 4.27. The zero-order valence-corrected chi connectivity index (χ0v) is 19.0. The highest BCUT2D eigenvalue weighted by Crippen LogP contribution is 2.35. The SMILES string of the molecule is [2H]c1c(C)[n+](C)c(-c2cc(-c3ccccc3)cc(C)c2C)c2ccc(C(C)CC)cc12. The zero-order valence-electron chi connectivity index (χ0n) is 20.0. The molecule has 0 saturated heterocycles. The van der Waals surface area contributed by atoms with Gasteiger partial charge in [0.2, 0.25) is 5.69 Å². The minimum Gasteiger partial charge on any atom is -0.198 e. The van der Waals surface area contributed by atoms with Gasteiger partial charge in [-0.15, -0.1) is 0 Å². The number of aromatic nitrogens is 1. The first-order chi connectivity index (χ1) is 14.8. The molecule has 1 heteroatoms. The molecule has 0 amide bonds. The number of hydrogen-bond acceptors (Lipinski definition) is 0. The average molecular weight is 396 g/mol. The molecule has 0 saturated carbocycles. The number of aryl methyl sites for hydroxylation is 1. The van der Waals surface area contributed by atoms with Gasteiger partial charge in [-0.25, -0.2) is 0 Å². The van der Waals surface area contributed by atoms with Crippen LogP contribution in [0.4, 0.5) is 0 Å². The molecule has 1 heterocycles. The normalized spacial score (nSPS) is 12.8. The van der Waals surface area contributed by atoms with Crippen molar-refractivity contribution in [2.24, 2.45) is 7.05 Å². The largest absolute Gasteiger partial charge is 0.220 e. The lowest BCUT2D eigenvalue weighted by molar-refractivity contribution is -0.665. The van der Waals surface area contributed by atoms with Crippen molar-refractivity contribution < 1.29 is 5.94 Å². The lowest BCUT2D eigenvalue weighted by Crippen LogP contribution is -2.35. The summed E-state index contributed by atoms with van der Waals surface area (Å²) in [5.41, 5.74) is 9.78. The molecule has 1 nitrogen and oxygen atoms in total. The van der Waals surface area contributed by atoms with E-state index >= 15 is 0 Å². The van der Waals surface area contributed by atoms with Gasteiger partial charge in [0.1, 0.15) is 7.05 Å². The van der Waals surface area contributed by atoms with E-state index in [2.05, 4.69) is 107 Å². The van der Waals surface area contributed by atoms with E-state index in [0.29, 0.717) is 12.0 Å². The molecular formula is C29H32N+. The molecule has 0 aliphatic carbocycles. The summed E-state index contributed by atoms with van der Waals surface area (Å²) >= 11 is 0. The van der Waals surface area contributed by atoms with Crippen LogP contribution in [0.3, 0.4) is 0 Å². The van der Waals surface area contributed by atoms with E-state index in [-0.39, 0.29) is 0 Å². The maximum atomic E-state index is 8.83. The molecule has 3 aromatic carbocycles. The predicted octanol–water partition coefficient (Wildman–Crippen LogP) is 7.44. The van der Waals surface area contributed by atoms with Crippen molar-refractivity contribution in [2.75, 3.05) is 0 Å². The van der Waals surface area contributed by atoms with Gasteiger partial charge in [-0.1, -0.05) is 62.4 Å². The molecule has 30 heavy (non-hydrogen) atoms. The van der Waals surface area contributed by atoms with Crippen LogP contribution in [0.1, 0.15) is 49.9 Å². The molecule has 0 aliphatic rings. The van der Waals surface area contributed by atoms with Gasteiger partial charge in [-0.05, 0) is 71.5 Å². The van der Waals surface area contributed by atoms with E-state index in [1.54, 1.807) is 0 Å². The molecule has 0 radical (unpaired) electrons. The summed E-state index contributed by atoms with van der Waals surface area (Å²) in [6, 6.07) is 22.5. The second-order valence-electron chi connectivity index (χ2n) is 8.56. The summed E-state index contributed by atoms with van der Waals surface area (Å²) in [6.45, 7) is 10.9. The molecule has 1 atom stereocenters. The van der Waals surface area contributed by atoms with Crippen LogP contribution in [-0.4, -0.2) is 0 Å². The number of hydrogen-bond donors (Lipinski definition) is 0. The number of benzene rings is 3. The van der Waals surface area contributed by atoms with E-state index in [1.807, 2.05) is 0 Å². The molecule has 152 valence electrons. The molecule has 0 fully saturated rings. The van der Waals surface area contributed by atoms with Gasteiger partial charge in [0.15, 0.2) is 5.69 Å². The molecule has 4 rings (SSSR count). The standard InChI is InChI=1S/C29H32N/c1-7-19(2)24-13-14-27-26(17-24)16-21(4)30(6)29(27)28-18-25(15-20(3)22(28)5)23-11-9-8-10-12-23/h8-19H,7H2,1-6H3/q+1/i16D. The summed E-state index contributed by atoms with van der Waals surface area (Å²) < 4.78 is 11.0. The Morgan fingerprint density at radius 1 is 0.933 bits per heavy atom. The van der Waals surface area contributed by atoms with Gasteiger partial charge in [0, 0.05) is 13.0 Å². The second-order valence-corrected chi connectivity index (χ2v) is 8.56. The highest BCUT2D eigenvalue weighted by atomic mass is 14.9. The maximum Gasteiger partial charge on any atom is 0.220 e. The fourth-order valence-corrected chi connectivity index (χ4v) is 4.27. The van der Waals surface area contributed by atoms with Crippen molar-refractivity contribution in [1.82, 2.24) is 0 Å². The van der Waals surface area contributed by atoms with Crippen molar-refractivity contribution in [3.05, 3.63) is 89.1 Å². The molecule has 4 aromatic rings. The molecule has 0 spiro atoms. The molecular weight excluding hydrogens is 362 g/mol. The Balaban J connectivity index is 2.05. The van der Waals surface area contributed by atoms with Gasteiger partial charge in [0.05, 0.1) is 12.3 Å². The third-order valence-corrected chi connectivity index (χ3v) is 6.66. The zero-order chi connectivity index (χ0) is 22.3. The van der Waals surface area contributed by atoms with E-state index in [4.69, 9.17) is 1.37 Å². The van der Waals surface area contributed by atoms with Crippen LogP contribution in [0.5, 0.6) is 0 Å². The smallest absolute Gasteiger partial charge is 0.198 e. The first-order valence-corrected chi connectivity index (χ1v) is 10.9. The van der Waals surface area contributed by atoms with E-state index in [9.17, 15) is 0 Å². The van der Waals surface area contributed by atoms with Crippen LogP contribution < -0.4 is 4.57 Å². The maximum absolute atomic E-state index is 8.83. The van der Waals surface area contributed by atoms with Crippen LogP contribution in [0, 0.1) is 20.8 Å². The molecule has 0 aliphatic heterocycles. The molecule has 0 N–H and O–H groups in total. The lowest BCUT2D eigenvalue weighted by atomic mass is 9.90. The Morgan fingerprint density at radius 2 is 1.67 bits per heavy atom. The highest BCUT2D eigenvalue weighted by molar-refractivity contribution is 5.95. The third-order valence-electron chi connectivity index (χ3n) is 6.66. The van der Waals surface area contributed by atoms with Crippen molar-refractivity contribution in [3.63, 3.8) is 0 Å². The van der Waals surface area contributed by atoms with Gasteiger partial charge in [-0.3, -0.25) is 0 Å². The Labute approximate surface area is 182 Å². The van der Waals surface area contributed by atoms with Gasteiger partial charge in [-0.2, -0.15) is 4.57 Å². The van der Waals surface area contributed by atoms with Crippen molar-refractivity contribution in [2.45, 2.75) is 47.0 Å². The summed E-state index contributed by atoms with van der Waals surface area (Å²) in [5, 5.41) is 2.20. The van der Waals surface area contributed by atoms with E-state index in [0.717, 1.165) is 22.9 Å². The summed E-state index contributed by atoms with van der Waals surface area (Å²) in [4.78, 5) is 0. The number of nitrogens with zero attached hydrogens (tertiary/aromatic N) is 1. The van der Waals surface area contributed by atoms with Gasteiger partial charge < -0.3 is 0 Å². The van der Waals surface area contributed by atoms with Gasteiger partial charge in [0.25, 0.3) is 0 Å². The first-order valence-electron chi connectivity index (χ1n) is 11.4. The minimum absolute atomic E-state index is 0.493. The number of pyridine rings is 1. The average Bonchev–Trinajstić information content (AvgIpc) is 2.80. The first kappa shape index (κ1) is 19.1. The highest BCUT2D eigenvalue weighted by Gasteiger charge is 2.22. The summed E-state index contributed by atoms with van der Waals surface area (Å²) in [6.07, 6.45) is 1.10. The van der Waals surface area contributed by atoms with Crippen LogP contribution in [0.2, 0.25) is 0 Å². The van der Waals surface area contributed by atoms with Crippen LogP contribution in [-0.2, 0) is 7.05 Å². The predicted molar refractivity (Wildman–Crippen MR) is 129 cm³/mol. The Morgan fingerprint density at radius 3 is 2.37 bits per heavy atom. The third kappa shape index (κ3) is 3.54. The van der Waals surface area contributed by atoms with Crippen LogP contribution in [0.25, 0.3) is 33.2 Å². The molecule has 1 unspecified atom stereocenters.